The molecule has 0 saturated heterocycles. The fourth-order valence-electron chi connectivity index (χ4n) is 14.4. The molecule has 0 aliphatic carbocycles. The minimum atomic E-state index is -0.696. The summed E-state index contributed by atoms with van der Waals surface area (Å²) in [6.45, 7) is -0.112. The molecule has 0 atom stereocenters. The van der Waals surface area contributed by atoms with E-state index in [9.17, 15) is 0 Å². The Labute approximate surface area is 524 Å². The van der Waals surface area contributed by atoms with Gasteiger partial charge in [-0.05, 0) is 143 Å². The minimum absolute atomic E-state index is 0.112. The van der Waals surface area contributed by atoms with E-state index in [-0.39, 0.29) is 6.71 Å². The number of hydrogen-bond acceptors (Lipinski definition) is 3. The van der Waals surface area contributed by atoms with E-state index in [0.29, 0.717) is 0 Å². The predicted molar refractivity (Wildman–Crippen MR) is 373 cm³/mol. The average Bonchev–Trinajstić information content (AvgIpc) is 0.753. The van der Waals surface area contributed by atoms with Crippen molar-refractivity contribution in [3.8, 4) is 89.4 Å². The molecule has 3 aliphatic rings. The summed E-state index contributed by atoms with van der Waals surface area (Å²) in [5.41, 5.74) is 27.4. The second-order valence-electron chi connectivity index (χ2n) is 23.4. The molecule has 0 fully saturated rings. The number of nitrogens with zero attached hydrogens (tertiary/aromatic N) is 1. The van der Waals surface area contributed by atoms with E-state index >= 15 is 0 Å². The number of hydrogen-bond donors (Lipinski definition) is 0. The van der Waals surface area contributed by atoms with Gasteiger partial charge in [-0.15, -0.1) is 0 Å². The maximum absolute atomic E-state index is 7.03. The molecule has 0 radical (unpaired) electrons. The van der Waals surface area contributed by atoms with E-state index in [1.54, 1.807) is 0 Å². The summed E-state index contributed by atoms with van der Waals surface area (Å²) in [6, 6.07) is 126. The zero-order valence-corrected chi connectivity index (χ0v) is 49.5. The summed E-state index contributed by atoms with van der Waals surface area (Å²) in [5, 5.41) is 0. The first-order chi connectivity index (χ1) is 44.1. The van der Waals surface area contributed by atoms with Gasteiger partial charge in [-0.2, -0.15) is 0 Å². The number of benzene rings is 14. The smallest absolute Gasteiger partial charge is 0.249 e. The fourth-order valence-corrected chi connectivity index (χ4v) is 15.6. The van der Waals surface area contributed by atoms with Crippen LogP contribution in [0.15, 0.2) is 350 Å². The van der Waals surface area contributed by atoms with Crippen molar-refractivity contribution >= 4 is 51.9 Å². The third-order valence-corrected chi connectivity index (χ3v) is 19.6. The SMILES string of the molecule is c1ccc(-c2cccc(-c3cccc(-c4cccc(-c5ccccc5)c4)c3N3c4ccc(-c5ccccc5)cc4B4c5cc(-c6ccccc6)ccc5Sc5cc(-c6ccc7c(c6)C(c6ccccc6)(c6ccccc6)c6ccccc6O7)cc3c54)c2)cc1. The first kappa shape index (κ1) is 52.4. The third-order valence-electron chi connectivity index (χ3n) is 18.4. The van der Waals surface area contributed by atoms with Gasteiger partial charge in [-0.3, -0.25) is 0 Å². The molecule has 2 nitrogen and oxygen atoms in total. The Morgan fingerprint density at radius 1 is 0.281 bits per heavy atom. The Kier molecular flexibility index (Phi) is 12.8. The monoisotopic (exact) mass is 1150 g/mol. The van der Waals surface area contributed by atoms with Gasteiger partial charge in [0.15, 0.2) is 0 Å². The Morgan fingerprint density at radius 3 is 1.29 bits per heavy atom. The van der Waals surface area contributed by atoms with Crippen LogP contribution in [0.3, 0.4) is 0 Å². The molecule has 416 valence electrons. The minimum Gasteiger partial charge on any atom is -0.457 e. The van der Waals surface area contributed by atoms with Crippen molar-refractivity contribution in [3.63, 3.8) is 0 Å². The molecule has 17 rings (SSSR count). The third kappa shape index (κ3) is 8.89. The highest BCUT2D eigenvalue weighted by molar-refractivity contribution is 8.00. The van der Waals surface area contributed by atoms with Crippen LogP contribution in [0.2, 0.25) is 0 Å². The Hall–Kier alpha value is -10.9. The average molecular weight is 1150 g/mol. The maximum atomic E-state index is 7.03. The van der Waals surface area contributed by atoms with Crippen LogP contribution < -0.4 is 26.0 Å². The van der Waals surface area contributed by atoms with Crippen molar-refractivity contribution < 1.29 is 4.74 Å². The topological polar surface area (TPSA) is 12.5 Å². The summed E-state index contributed by atoms with van der Waals surface area (Å²) < 4.78 is 7.03. The van der Waals surface area contributed by atoms with E-state index in [1.165, 1.54) is 81.8 Å². The number of para-hydroxylation sites is 2. The van der Waals surface area contributed by atoms with E-state index in [1.807, 2.05) is 11.8 Å². The first-order valence-corrected chi connectivity index (χ1v) is 31.5. The van der Waals surface area contributed by atoms with Gasteiger partial charge < -0.3 is 9.64 Å². The number of rotatable bonds is 10. The zero-order chi connectivity index (χ0) is 58.8. The lowest BCUT2D eigenvalue weighted by Crippen LogP contribution is -2.60. The molecule has 0 aromatic heterocycles. The normalized spacial score (nSPS) is 13.0. The molecule has 0 amide bonds. The van der Waals surface area contributed by atoms with Gasteiger partial charge in [0.2, 0.25) is 6.71 Å². The van der Waals surface area contributed by atoms with Crippen LogP contribution in [0, 0.1) is 0 Å². The van der Waals surface area contributed by atoms with Crippen LogP contribution >= 0.6 is 11.8 Å². The van der Waals surface area contributed by atoms with Crippen molar-refractivity contribution in [2.24, 2.45) is 0 Å². The van der Waals surface area contributed by atoms with Crippen molar-refractivity contribution in [1.29, 1.82) is 0 Å². The van der Waals surface area contributed by atoms with E-state index in [2.05, 4.69) is 345 Å². The van der Waals surface area contributed by atoms with E-state index < -0.39 is 5.41 Å². The van der Waals surface area contributed by atoms with Crippen LogP contribution in [-0.4, -0.2) is 6.71 Å². The van der Waals surface area contributed by atoms with Crippen molar-refractivity contribution in [3.05, 3.63) is 362 Å². The second kappa shape index (κ2) is 21.8. The summed E-state index contributed by atoms with van der Waals surface area (Å²) in [6.07, 6.45) is 0. The molecule has 0 N–H and O–H groups in total. The maximum Gasteiger partial charge on any atom is 0.249 e. The van der Waals surface area contributed by atoms with Crippen molar-refractivity contribution in [2.75, 3.05) is 4.90 Å². The van der Waals surface area contributed by atoms with E-state index in [0.717, 1.165) is 73.1 Å². The highest BCUT2D eigenvalue weighted by Gasteiger charge is 2.47. The lowest BCUT2D eigenvalue weighted by molar-refractivity contribution is 0.434. The molecule has 14 aromatic rings. The molecule has 0 bridgehead atoms. The number of fused-ring (bicyclic) bond motifs is 6. The van der Waals surface area contributed by atoms with Gasteiger partial charge >= 0.3 is 0 Å². The molecule has 14 aromatic carbocycles. The summed E-state index contributed by atoms with van der Waals surface area (Å²) in [4.78, 5) is 5.14. The molecule has 4 heteroatoms. The molecular weight excluding hydrogens is 1090 g/mol. The highest BCUT2D eigenvalue weighted by atomic mass is 32.2. The number of anilines is 3. The van der Waals surface area contributed by atoms with Gasteiger partial charge in [0, 0.05) is 43.4 Å². The summed E-state index contributed by atoms with van der Waals surface area (Å²) >= 11 is 1.90. The Balaban J connectivity index is 0.970. The van der Waals surface area contributed by atoms with Crippen LogP contribution in [0.5, 0.6) is 11.5 Å². The Morgan fingerprint density at radius 2 is 0.719 bits per heavy atom. The molecule has 0 unspecified atom stereocenters. The van der Waals surface area contributed by atoms with Gasteiger partial charge in [0.25, 0.3) is 0 Å². The fraction of sp³-hybridized carbons (Fsp3) is 0.0118. The standard InChI is InChI=1S/C85H56BNOS/c1-7-24-57(25-8-1)61-32-21-34-66(50-61)71-40-23-41-72(67-35-22-33-62(51-67)58-26-9-2-10-27-58)84(71)87-77-47-44-64(59-28-11-3-12-29-59)53-75(77)86-76-54-65(60-30-13-4-14-31-60)46-49-81(76)89-82-56-68(55-78(87)83(82)86)63-45-48-80-74(52-63)85(69-36-15-5-16-37-69,70-38-17-6-18-39-70)73-42-19-20-43-79(73)88-80/h1-56H. The van der Waals surface area contributed by atoms with E-state index in [4.69, 9.17) is 4.74 Å². The lowest BCUT2D eigenvalue weighted by Gasteiger charge is -2.42. The van der Waals surface area contributed by atoms with Crippen LogP contribution in [0.4, 0.5) is 17.1 Å². The van der Waals surface area contributed by atoms with Crippen LogP contribution in [0.25, 0.3) is 77.9 Å². The Bertz CT molecular complexity index is 4870. The second-order valence-corrected chi connectivity index (χ2v) is 24.5. The predicted octanol–water partition coefficient (Wildman–Crippen LogP) is 20.6. The van der Waals surface area contributed by atoms with Gasteiger partial charge in [-0.25, -0.2) is 0 Å². The summed E-state index contributed by atoms with van der Waals surface area (Å²) in [7, 11) is 0. The molecule has 3 aliphatic heterocycles. The van der Waals surface area contributed by atoms with Crippen molar-refractivity contribution in [2.45, 2.75) is 15.2 Å². The first-order valence-electron chi connectivity index (χ1n) is 30.7. The molecule has 0 saturated carbocycles. The molecule has 0 spiro atoms. The molecule has 89 heavy (non-hydrogen) atoms. The van der Waals surface area contributed by atoms with Crippen LogP contribution in [-0.2, 0) is 5.41 Å². The molecular formula is C85H56BNOS. The molecule has 3 heterocycles. The van der Waals surface area contributed by atoms with Crippen molar-refractivity contribution in [1.82, 2.24) is 0 Å². The summed E-state index contributed by atoms with van der Waals surface area (Å²) in [5.74, 6) is 1.70. The number of ether oxygens (including phenoxy) is 1. The highest BCUT2D eigenvalue weighted by Crippen LogP contribution is 2.57. The van der Waals surface area contributed by atoms with Gasteiger partial charge in [0.1, 0.15) is 11.5 Å². The van der Waals surface area contributed by atoms with Crippen LogP contribution in [0.1, 0.15) is 22.3 Å². The van der Waals surface area contributed by atoms with Gasteiger partial charge in [-0.1, -0.05) is 302 Å². The largest absolute Gasteiger partial charge is 0.457 e. The lowest BCUT2D eigenvalue weighted by atomic mass is 9.34. The quantitative estimate of drug-likeness (QED) is 0.127. The zero-order valence-electron chi connectivity index (χ0n) is 48.7. The van der Waals surface area contributed by atoms with Gasteiger partial charge in [0.05, 0.1) is 11.1 Å².